The summed E-state index contributed by atoms with van der Waals surface area (Å²) < 4.78 is 0. The zero-order valence-corrected chi connectivity index (χ0v) is 14.0. The van der Waals surface area contributed by atoms with Crippen LogP contribution in [0.25, 0.3) is 0 Å². The molecule has 1 heterocycles. The minimum atomic E-state index is -0.653. The third kappa shape index (κ3) is 3.95. The quantitative estimate of drug-likeness (QED) is 0.593. The van der Waals surface area contributed by atoms with Gasteiger partial charge in [-0.15, -0.1) is 0 Å². The molecule has 0 spiro atoms. The monoisotopic (exact) mass is 308 g/mol. The molecular formula is C15H24N4OS. The fraction of sp³-hybridized carbons (Fsp3) is 0.667. The Kier molecular flexibility index (Phi) is 4.88. The van der Waals surface area contributed by atoms with E-state index in [9.17, 15) is 4.79 Å². The van der Waals surface area contributed by atoms with Crippen LogP contribution in [0.3, 0.4) is 0 Å². The third-order valence-corrected chi connectivity index (χ3v) is 4.69. The number of primary amides is 1. The van der Waals surface area contributed by atoms with Crippen LogP contribution in [0.5, 0.6) is 0 Å². The Morgan fingerprint density at radius 2 is 2.00 bits per heavy atom. The average Bonchev–Trinajstić information content (AvgIpc) is 3.16. The lowest BCUT2D eigenvalue weighted by molar-refractivity contribution is -0.124. The minimum Gasteiger partial charge on any atom is -0.368 e. The Labute approximate surface area is 130 Å². The van der Waals surface area contributed by atoms with Gasteiger partial charge in [0.2, 0.25) is 5.91 Å². The Hall–Kier alpha value is -1.14. The maximum atomic E-state index is 12.1. The van der Waals surface area contributed by atoms with Crippen molar-refractivity contribution < 1.29 is 4.79 Å². The van der Waals surface area contributed by atoms with E-state index >= 15 is 0 Å². The highest BCUT2D eigenvalue weighted by atomic mass is 32.2. The predicted molar refractivity (Wildman–Crippen MR) is 85.2 cm³/mol. The van der Waals surface area contributed by atoms with Crippen LogP contribution in [0.15, 0.2) is 11.2 Å². The molecular weight excluding hydrogens is 284 g/mol. The first-order valence-electron chi connectivity index (χ1n) is 7.36. The molecule has 0 bridgehead atoms. The number of nitrogens with two attached hydrogens (primary N) is 1. The molecule has 1 aliphatic rings. The van der Waals surface area contributed by atoms with Gasteiger partial charge in [0.25, 0.3) is 0 Å². The highest BCUT2D eigenvalue weighted by molar-refractivity contribution is 7.99. The first-order valence-corrected chi connectivity index (χ1v) is 8.35. The van der Waals surface area contributed by atoms with Gasteiger partial charge in [-0.05, 0) is 52.5 Å². The lowest BCUT2D eigenvalue weighted by atomic mass is 9.93. The molecule has 0 aromatic carbocycles. The van der Waals surface area contributed by atoms with E-state index in [-0.39, 0.29) is 11.9 Å². The summed E-state index contributed by atoms with van der Waals surface area (Å²) in [6.45, 7) is 7.98. The van der Waals surface area contributed by atoms with Crippen LogP contribution < -0.4 is 11.1 Å². The van der Waals surface area contributed by atoms with Crippen molar-refractivity contribution in [1.82, 2.24) is 15.3 Å². The van der Waals surface area contributed by atoms with Crippen LogP contribution in [-0.4, -0.2) is 33.2 Å². The standard InChI is InChI=1S/C15H24N4OS/c1-9(2)19-15(13(16)20,12-5-6-12)8-21-14-17-10(3)7-11(4)18-14/h7,9,12,19H,5-6,8H2,1-4H3,(H2,16,20). The van der Waals surface area contributed by atoms with E-state index < -0.39 is 5.54 Å². The first kappa shape index (κ1) is 16.2. The first-order chi connectivity index (χ1) is 9.83. The van der Waals surface area contributed by atoms with Gasteiger partial charge in [0.15, 0.2) is 5.16 Å². The van der Waals surface area contributed by atoms with Gasteiger partial charge in [-0.1, -0.05) is 11.8 Å². The normalized spacial score (nSPS) is 17.8. The SMILES string of the molecule is Cc1cc(C)nc(SCC(NC(C)C)(C(N)=O)C2CC2)n1. The molecule has 2 rings (SSSR count). The largest absolute Gasteiger partial charge is 0.368 e. The van der Waals surface area contributed by atoms with E-state index in [0.717, 1.165) is 24.2 Å². The van der Waals surface area contributed by atoms with E-state index in [2.05, 4.69) is 15.3 Å². The van der Waals surface area contributed by atoms with Gasteiger partial charge in [-0.2, -0.15) is 0 Å². The Morgan fingerprint density at radius 1 is 1.43 bits per heavy atom. The van der Waals surface area contributed by atoms with Crippen molar-refractivity contribution in [1.29, 1.82) is 0 Å². The molecule has 6 heteroatoms. The number of thioether (sulfide) groups is 1. The summed E-state index contributed by atoms with van der Waals surface area (Å²) >= 11 is 1.51. The summed E-state index contributed by atoms with van der Waals surface area (Å²) in [5.74, 6) is 0.639. The molecule has 1 aromatic heterocycles. The number of hydrogen-bond donors (Lipinski definition) is 2. The Morgan fingerprint density at radius 3 is 2.43 bits per heavy atom. The highest BCUT2D eigenvalue weighted by Crippen LogP contribution is 2.42. The van der Waals surface area contributed by atoms with Gasteiger partial charge < -0.3 is 11.1 Å². The van der Waals surface area contributed by atoms with Crippen molar-refractivity contribution in [3.05, 3.63) is 17.5 Å². The average molecular weight is 308 g/mol. The van der Waals surface area contributed by atoms with Gasteiger partial charge in [0, 0.05) is 23.2 Å². The second kappa shape index (κ2) is 6.32. The van der Waals surface area contributed by atoms with Crippen molar-refractivity contribution in [2.24, 2.45) is 11.7 Å². The molecule has 1 saturated carbocycles. The number of aryl methyl sites for hydroxylation is 2. The molecule has 0 saturated heterocycles. The summed E-state index contributed by atoms with van der Waals surface area (Å²) in [5, 5.41) is 4.12. The van der Waals surface area contributed by atoms with Crippen LogP contribution >= 0.6 is 11.8 Å². The molecule has 1 aromatic rings. The van der Waals surface area contributed by atoms with Gasteiger partial charge >= 0.3 is 0 Å². The molecule has 1 atom stereocenters. The molecule has 0 radical (unpaired) electrons. The van der Waals surface area contributed by atoms with Gasteiger partial charge in [0.1, 0.15) is 5.54 Å². The van der Waals surface area contributed by atoms with Gasteiger partial charge in [0.05, 0.1) is 0 Å². The van der Waals surface area contributed by atoms with Crippen molar-refractivity contribution in [2.75, 3.05) is 5.75 Å². The van der Waals surface area contributed by atoms with Crippen LogP contribution in [-0.2, 0) is 4.79 Å². The summed E-state index contributed by atoms with van der Waals surface area (Å²) in [6, 6.07) is 2.15. The maximum absolute atomic E-state index is 12.1. The van der Waals surface area contributed by atoms with E-state index in [1.807, 2.05) is 33.8 Å². The second-order valence-corrected chi connectivity index (χ2v) is 7.07. The number of amides is 1. The summed E-state index contributed by atoms with van der Waals surface area (Å²) in [7, 11) is 0. The van der Waals surface area contributed by atoms with Crippen LogP contribution in [0.1, 0.15) is 38.1 Å². The molecule has 1 unspecified atom stereocenters. The smallest absolute Gasteiger partial charge is 0.238 e. The van der Waals surface area contributed by atoms with Crippen LogP contribution in [0.4, 0.5) is 0 Å². The molecule has 3 N–H and O–H groups in total. The van der Waals surface area contributed by atoms with Crippen molar-refractivity contribution in [3.8, 4) is 0 Å². The number of hydrogen-bond acceptors (Lipinski definition) is 5. The molecule has 5 nitrogen and oxygen atoms in total. The lowest BCUT2D eigenvalue weighted by Crippen LogP contribution is -2.61. The molecule has 1 amide bonds. The zero-order valence-electron chi connectivity index (χ0n) is 13.1. The predicted octanol–water partition coefficient (Wildman–Crippen LogP) is 1.82. The highest BCUT2D eigenvalue weighted by Gasteiger charge is 2.50. The second-order valence-electron chi connectivity index (χ2n) is 6.13. The topological polar surface area (TPSA) is 80.9 Å². The number of nitrogens with zero attached hydrogens (tertiary/aromatic N) is 2. The third-order valence-electron chi connectivity index (χ3n) is 3.65. The number of carbonyl (C=O) groups is 1. The number of carbonyl (C=O) groups excluding carboxylic acids is 1. The number of nitrogens with one attached hydrogen (secondary N) is 1. The Balaban J connectivity index is 2.16. The van der Waals surface area contributed by atoms with Gasteiger partial charge in [-0.3, -0.25) is 4.79 Å². The zero-order chi connectivity index (χ0) is 15.6. The molecule has 1 aliphatic carbocycles. The maximum Gasteiger partial charge on any atom is 0.238 e. The fourth-order valence-electron chi connectivity index (χ4n) is 2.65. The molecule has 0 aliphatic heterocycles. The molecule has 1 fully saturated rings. The van der Waals surface area contributed by atoms with E-state index in [1.165, 1.54) is 11.8 Å². The molecule has 116 valence electrons. The van der Waals surface area contributed by atoms with Crippen molar-refractivity contribution in [2.45, 2.75) is 57.3 Å². The number of rotatable bonds is 7. The minimum absolute atomic E-state index is 0.207. The van der Waals surface area contributed by atoms with Crippen molar-refractivity contribution >= 4 is 17.7 Å². The van der Waals surface area contributed by atoms with E-state index in [0.29, 0.717) is 16.8 Å². The summed E-state index contributed by atoms with van der Waals surface area (Å²) in [5.41, 5.74) is 6.96. The fourth-order valence-corrected chi connectivity index (χ4v) is 3.88. The van der Waals surface area contributed by atoms with Gasteiger partial charge in [-0.25, -0.2) is 9.97 Å². The van der Waals surface area contributed by atoms with Crippen molar-refractivity contribution in [3.63, 3.8) is 0 Å². The van der Waals surface area contributed by atoms with Crippen LogP contribution in [0.2, 0.25) is 0 Å². The number of aromatic nitrogens is 2. The molecule has 21 heavy (non-hydrogen) atoms. The summed E-state index contributed by atoms with van der Waals surface area (Å²) in [4.78, 5) is 21.0. The Bertz CT molecular complexity index is 510. The lowest BCUT2D eigenvalue weighted by Gasteiger charge is -2.33. The van der Waals surface area contributed by atoms with Crippen LogP contribution in [0, 0.1) is 19.8 Å². The summed E-state index contributed by atoms with van der Waals surface area (Å²) in [6.07, 6.45) is 2.11. The van der Waals surface area contributed by atoms with E-state index in [1.54, 1.807) is 0 Å². The van der Waals surface area contributed by atoms with E-state index in [4.69, 9.17) is 5.73 Å².